The van der Waals surface area contributed by atoms with Crippen molar-refractivity contribution in [2.45, 2.75) is 84.3 Å². The van der Waals surface area contributed by atoms with Gasteiger partial charge in [0.1, 0.15) is 11.4 Å². The molecular weight excluding hydrogens is 561 g/mol. The van der Waals surface area contributed by atoms with E-state index in [1.807, 2.05) is 17.0 Å². The van der Waals surface area contributed by atoms with Crippen LogP contribution in [0.1, 0.15) is 100 Å². The first-order valence-electron chi connectivity index (χ1n) is 14.4. The summed E-state index contributed by atoms with van der Waals surface area (Å²) >= 11 is 12.6. The summed E-state index contributed by atoms with van der Waals surface area (Å²) in [5, 5.41) is 12.4. The number of hydrogen-bond acceptors (Lipinski definition) is 4. The average molecular weight is 601 g/mol. The van der Waals surface area contributed by atoms with Crippen LogP contribution in [0.3, 0.4) is 0 Å². The monoisotopic (exact) mass is 599 g/mol. The molecule has 220 valence electrons. The summed E-state index contributed by atoms with van der Waals surface area (Å²) in [6.45, 7) is 8.99. The van der Waals surface area contributed by atoms with Gasteiger partial charge in [0, 0.05) is 27.7 Å². The molecule has 2 N–H and O–H groups in total. The molecule has 2 amide bonds. The summed E-state index contributed by atoms with van der Waals surface area (Å²) < 4.78 is 0. The Morgan fingerprint density at radius 3 is 2.24 bits per heavy atom. The Hall–Kier alpha value is -2.90. The van der Waals surface area contributed by atoms with Crippen LogP contribution in [0.15, 0.2) is 47.5 Å². The number of carbonyl (C=O) groups is 3. The topological polar surface area (TPSA) is 99.1 Å². The average Bonchev–Trinajstić information content (AvgIpc) is 3.20. The number of benzene rings is 2. The first kappa shape index (κ1) is 31.0. The van der Waals surface area contributed by atoms with E-state index in [2.05, 4.69) is 33.0 Å². The Morgan fingerprint density at radius 1 is 1.10 bits per heavy atom. The number of nitrogens with one attached hydrogen (secondary N) is 1. The summed E-state index contributed by atoms with van der Waals surface area (Å²) in [4.78, 5) is 44.7. The maximum absolute atomic E-state index is 14.3. The molecule has 1 fully saturated rings. The second kappa shape index (κ2) is 12.5. The number of hydrogen-bond donors (Lipinski definition) is 2. The molecule has 0 radical (unpaired) electrons. The third kappa shape index (κ3) is 6.62. The summed E-state index contributed by atoms with van der Waals surface area (Å²) in [5.41, 5.74) is 1.90. The zero-order valence-electron chi connectivity index (χ0n) is 24.2. The number of rotatable bonds is 10. The first-order valence-corrected chi connectivity index (χ1v) is 15.2. The second-order valence-electron chi connectivity index (χ2n) is 11.8. The van der Waals surface area contributed by atoms with Crippen LogP contribution in [0.4, 0.5) is 0 Å². The van der Waals surface area contributed by atoms with Crippen LogP contribution in [-0.2, 0) is 9.59 Å². The maximum atomic E-state index is 14.3. The third-order valence-corrected chi connectivity index (χ3v) is 9.45. The molecule has 7 nitrogen and oxygen atoms in total. The van der Waals surface area contributed by atoms with Gasteiger partial charge in [-0.1, -0.05) is 69.5 Å². The van der Waals surface area contributed by atoms with Gasteiger partial charge in [0.05, 0.1) is 12.5 Å². The van der Waals surface area contributed by atoms with Gasteiger partial charge in [0.2, 0.25) is 0 Å². The molecule has 4 rings (SSSR count). The minimum atomic E-state index is -0.968. The van der Waals surface area contributed by atoms with Gasteiger partial charge < -0.3 is 15.3 Å². The highest BCUT2D eigenvalue weighted by Crippen LogP contribution is 2.50. The number of aliphatic carboxylic acids is 1. The lowest BCUT2D eigenvalue weighted by atomic mass is 9.67. The molecule has 1 atom stereocenters. The van der Waals surface area contributed by atoms with Crippen LogP contribution in [0.2, 0.25) is 10.0 Å². The van der Waals surface area contributed by atoms with E-state index in [4.69, 9.17) is 33.3 Å². The van der Waals surface area contributed by atoms with E-state index < -0.39 is 11.6 Å². The van der Waals surface area contributed by atoms with Gasteiger partial charge in [0.15, 0.2) is 0 Å². The van der Waals surface area contributed by atoms with E-state index in [-0.39, 0.29) is 36.2 Å². The van der Waals surface area contributed by atoms with Crippen LogP contribution in [-0.4, -0.2) is 45.7 Å². The van der Waals surface area contributed by atoms with Crippen molar-refractivity contribution in [1.82, 2.24) is 10.2 Å². The second-order valence-corrected chi connectivity index (χ2v) is 12.7. The third-order valence-electron chi connectivity index (χ3n) is 9.01. The van der Waals surface area contributed by atoms with E-state index in [9.17, 15) is 14.4 Å². The number of aliphatic imine (C=N–C) groups is 1. The highest BCUT2D eigenvalue weighted by atomic mass is 35.5. The van der Waals surface area contributed by atoms with Crippen molar-refractivity contribution in [3.8, 4) is 0 Å². The Balaban J connectivity index is 1.67. The fourth-order valence-electron chi connectivity index (χ4n) is 6.24. The van der Waals surface area contributed by atoms with Crippen molar-refractivity contribution >= 4 is 46.7 Å². The number of nitrogens with zero attached hydrogens (tertiary/aromatic N) is 2. The minimum absolute atomic E-state index is 0.0573. The molecule has 1 saturated carbocycles. The molecule has 41 heavy (non-hydrogen) atoms. The zero-order chi connectivity index (χ0) is 29.9. The van der Waals surface area contributed by atoms with E-state index in [1.54, 1.807) is 30.3 Å². The molecule has 2 aromatic carbocycles. The number of halogens is 2. The van der Waals surface area contributed by atoms with E-state index in [1.165, 1.54) is 0 Å². The minimum Gasteiger partial charge on any atom is -0.481 e. The van der Waals surface area contributed by atoms with Gasteiger partial charge >= 0.3 is 5.97 Å². The normalized spacial score (nSPS) is 21.6. The van der Waals surface area contributed by atoms with Crippen molar-refractivity contribution in [3.63, 3.8) is 0 Å². The molecule has 0 unspecified atom stereocenters. The summed E-state index contributed by atoms with van der Waals surface area (Å²) in [7, 11) is 0. The number of amides is 2. The standard InChI is InChI=1S/C32H39Cl2N3O4/c1-5-26(20-7-9-21(10-8-20)29(40)35-16-13-27(38)39)37-30(41)28(22-17-24(33)19-25(34)18-22)36-32(37)14-11-23(12-15-32)31(3,4)6-2/h7-10,17-19,23,26H,5-6,11-16H2,1-4H3,(H,35,40)(H,38,39)/t23?,26-,32?/m1/s1. The van der Waals surface area contributed by atoms with Crippen LogP contribution in [0.5, 0.6) is 0 Å². The summed E-state index contributed by atoms with van der Waals surface area (Å²) in [6.07, 6.45) is 5.11. The number of carboxylic acid groups (broad SMARTS) is 1. The lowest BCUT2D eigenvalue weighted by molar-refractivity contribution is -0.137. The molecule has 0 aromatic heterocycles. The van der Waals surface area contributed by atoms with Crippen molar-refractivity contribution in [2.24, 2.45) is 16.3 Å². The smallest absolute Gasteiger partial charge is 0.305 e. The van der Waals surface area contributed by atoms with Crippen molar-refractivity contribution < 1.29 is 19.5 Å². The molecule has 1 aliphatic heterocycles. The van der Waals surface area contributed by atoms with Gasteiger partial charge in [-0.25, -0.2) is 0 Å². The van der Waals surface area contributed by atoms with Crippen molar-refractivity contribution in [2.75, 3.05) is 6.54 Å². The Kier molecular flexibility index (Phi) is 9.49. The van der Waals surface area contributed by atoms with Crippen LogP contribution in [0.25, 0.3) is 0 Å². The van der Waals surface area contributed by atoms with Gasteiger partial charge in [-0.15, -0.1) is 0 Å². The van der Waals surface area contributed by atoms with Crippen LogP contribution in [0, 0.1) is 11.3 Å². The predicted molar refractivity (Wildman–Crippen MR) is 163 cm³/mol. The summed E-state index contributed by atoms with van der Waals surface area (Å²) in [6, 6.07) is 12.1. The maximum Gasteiger partial charge on any atom is 0.305 e. The highest BCUT2D eigenvalue weighted by molar-refractivity contribution is 6.47. The molecule has 2 aliphatic rings. The van der Waals surface area contributed by atoms with E-state index in [0.717, 1.165) is 37.7 Å². The van der Waals surface area contributed by atoms with Gasteiger partial charge in [-0.05, 0) is 79.3 Å². The Morgan fingerprint density at radius 2 is 1.71 bits per heavy atom. The lowest BCUT2D eigenvalue weighted by Gasteiger charge is -2.48. The molecular formula is C32H39Cl2N3O4. The number of carboxylic acids is 1. The van der Waals surface area contributed by atoms with Gasteiger partial charge in [-0.3, -0.25) is 19.4 Å². The van der Waals surface area contributed by atoms with Gasteiger partial charge in [0.25, 0.3) is 11.8 Å². The Labute approximate surface area is 252 Å². The molecule has 2 aromatic rings. The van der Waals surface area contributed by atoms with Crippen molar-refractivity contribution in [3.05, 3.63) is 69.2 Å². The SMILES string of the molecule is CC[C@H](c1ccc(C(=O)NCCC(=O)O)cc1)N1C(=O)C(c2cc(Cl)cc(Cl)c2)=NC12CCC(C(C)(C)CC)CC2. The van der Waals surface area contributed by atoms with E-state index in [0.29, 0.717) is 39.2 Å². The first-order chi connectivity index (χ1) is 19.4. The Bertz CT molecular complexity index is 1310. The van der Waals surface area contributed by atoms with Gasteiger partial charge in [-0.2, -0.15) is 0 Å². The van der Waals surface area contributed by atoms with Crippen LogP contribution < -0.4 is 5.32 Å². The zero-order valence-corrected chi connectivity index (χ0v) is 25.7. The lowest BCUT2D eigenvalue weighted by Crippen LogP contribution is -2.51. The quantitative estimate of drug-likeness (QED) is 0.299. The highest BCUT2D eigenvalue weighted by Gasteiger charge is 2.52. The van der Waals surface area contributed by atoms with Crippen LogP contribution >= 0.6 is 23.2 Å². The van der Waals surface area contributed by atoms with Crippen molar-refractivity contribution in [1.29, 1.82) is 0 Å². The van der Waals surface area contributed by atoms with E-state index >= 15 is 0 Å². The number of carbonyl (C=O) groups excluding carboxylic acids is 2. The molecule has 0 bridgehead atoms. The largest absolute Gasteiger partial charge is 0.481 e. The molecule has 1 heterocycles. The predicted octanol–water partition coefficient (Wildman–Crippen LogP) is 7.30. The summed E-state index contributed by atoms with van der Waals surface area (Å²) in [5.74, 6) is -0.891. The molecule has 1 spiro atoms. The molecule has 9 heteroatoms. The molecule has 1 aliphatic carbocycles. The molecule has 0 saturated heterocycles. The fourth-order valence-corrected chi connectivity index (χ4v) is 6.76. The fraction of sp³-hybridized carbons (Fsp3) is 0.500.